The summed E-state index contributed by atoms with van der Waals surface area (Å²) in [5.74, 6) is -0.606. The van der Waals surface area contributed by atoms with E-state index >= 15 is 0 Å². The van der Waals surface area contributed by atoms with Gasteiger partial charge in [0.15, 0.2) is 0 Å². The maximum absolute atomic E-state index is 13.7. The molecule has 0 atom stereocenters. The van der Waals surface area contributed by atoms with E-state index in [1.165, 1.54) is 6.07 Å². The molecule has 0 radical (unpaired) electrons. The molecule has 0 saturated carbocycles. The Balaban J connectivity index is 2.26. The van der Waals surface area contributed by atoms with Gasteiger partial charge in [0.2, 0.25) is 0 Å². The van der Waals surface area contributed by atoms with Crippen molar-refractivity contribution in [2.24, 2.45) is 0 Å². The molecule has 0 saturated heterocycles. The van der Waals surface area contributed by atoms with Gasteiger partial charge in [-0.1, -0.05) is 0 Å². The van der Waals surface area contributed by atoms with Crippen LogP contribution in [0.2, 0.25) is 0 Å². The number of nitrogens with one attached hydrogen (secondary N) is 2. The van der Waals surface area contributed by atoms with E-state index in [0.717, 1.165) is 16.8 Å². The van der Waals surface area contributed by atoms with Gasteiger partial charge in [0, 0.05) is 11.5 Å². The fourth-order valence-electron chi connectivity index (χ4n) is 2.34. The molecule has 166 valence electrons. The number of carbonyl (C=O) groups is 2. The Morgan fingerprint density at radius 2 is 1.70 bits per heavy atom. The molecule has 1 amide bonds. The van der Waals surface area contributed by atoms with Crippen LogP contribution in [0.25, 0.3) is 10.9 Å². The molecule has 1 aromatic carbocycles. The molecule has 0 aliphatic heterocycles. The molecule has 0 bridgehead atoms. The first-order valence-corrected chi connectivity index (χ1v) is 10.5. The highest BCUT2D eigenvalue weighted by Gasteiger charge is 2.24. The van der Waals surface area contributed by atoms with Gasteiger partial charge in [0.05, 0.1) is 17.8 Å². The van der Waals surface area contributed by atoms with Gasteiger partial charge in [-0.05, 0) is 53.7 Å². The van der Waals surface area contributed by atoms with E-state index in [1.807, 2.05) is 0 Å². The molecule has 0 fully saturated rings. The Morgan fingerprint density at radius 3 is 2.27 bits per heavy atom. The van der Waals surface area contributed by atoms with Crippen molar-refractivity contribution in [3.05, 3.63) is 29.7 Å². The van der Waals surface area contributed by atoms with Crippen molar-refractivity contribution in [1.29, 1.82) is 0 Å². The van der Waals surface area contributed by atoms with Gasteiger partial charge in [-0.3, -0.25) is 0 Å². The molecule has 1 aromatic heterocycles. The number of benzene rings is 1. The minimum Gasteiger partial charge on any atom is -0.443 e. The van der Waals surface area contributed by atoms with Crippen LogP contribution >= 0.6 is 0 Å². The standard InChI is InChI=1S/C18H25FN4O6S/c1-17(2,3)28-15(24)22-30(26,27)20-10-13-12-8-7-11(19)9-14(12)23(21-13)16(25)29-18(4,5)6/h7-9,20H,10H2,1-6H3,(H,22,24). The van der Waals surface area contributed by atoms with Crippen LogP contribution in [0.15, 0.2) is 18.2 Å². The van der Waals surface area contributed by atoms with Crippen LogP contribution in [0.3, 0.4) is 0 Å². The summed E-state index contributed by atoms with van der Waals surface area (Å²) in [4.78, 5) is 24.1. The summed E-state index contributed by atoms with van der Waals surface area (Å²) in [6, 6.07) is 3.60. The van der Waals surface area contributed by atoms with Crippen LogP contribution in [0, 0.1) is 5.82 Å². The zero-order chi connectivity index (χ0) is 22.9. The van der Waals surface area contributed by atoms with E-state index in [2.05, 4.69) is 9.82 Å². The van der Waals surface area contributed by atoms with Gasteiger partial charge in [0.25, 0.3) is 0 Å². The van der Waals surface area contributed by atoms with Crippen molar-refractivity contribution in [3.63, 3.8) is 0 Å². The van der Waals surface area contributed by atoms with Crippen molar-refractivity contribution in [1.82, 2.24) is 19.2 Å². The predicted molar refractivity (Wildman–Crippen MR) is 106 cm³/mol. The lowest BCUT2D eigenvalue weighted by Crippen LogP contribution is -2.42. The molecule has 0 aliphatic rings. The van der Waals surface area contributed by atoms with Gasteiger partial charge >= 0.3 is 22.4 Å². The minimum absolute atomic E-state index is 0.110. The first-order chi connectivity index (χ1) is 13.6. The normalized spacial score (nSPS) is 12.6. The number of amides is 1. The number of nitrogens with zero attached hydrogens (tertiary/aromatic N) is 2. The third kappa shape index (κ3) is 6.66. The molecule has 2 rings (SSSR count). The average molecular weight is 444 g/mol. The second kappa shape index (κ2) is 8.19. The summed E-state index contributed by atoms with van der Waals surface area (Å²) in [5.41, 5.74) is -1.46. The SMILES string of the molecule is CC(C)(C)OC(=O)NS(=O)(=O)NCc1nn(C(=O)OC(C)(C)C)c2cc(F)ccc12. The third-order valence-corrected chi connectivity index (χ3v) is 4.29. The van der Waals surface area contributed by atoms with E-state index in [-0.39, 0.29) is 17.8 Å². The van der Waals surface area contributed by atoms with E-state index in [9.17, 15) is 22.4 Å². The molecule has 10 nitrogen and oxygen atoms in total. The minimum atomic E-state index is -4.28. The average Bonchev–Trinajstić information content (AvgIpc) is 2.87. The molecule has 1 heterocycles. The number of ether oxygens (including phenoxy) is 2. The molecule has 0 aliphatic carbocycles. The maximum Gasteiger partial charge on any atom is 0.435 e. The molecule has 12 heteroatoms. The zero-order valence-corrected chi connectivity index (χ0v) is 18.4. The second-order valence-corrected chi connectivity index (χ2v) is 9.93. The Labute approximate surface area is 173 Å². The van der Waals surface area contributed by atoms with E-state index in [0.29, 0.717) is 5.39 Å². The summed E-state index contributed by atoms with van der Waals surface area (Å²) in [6.45, 7) is 9.36. The summed E-state index contributed by atoms with van der Waals surface area (Å²) >= 11 is 0. The van der Waals surface area contributed by atoms with E-state index in [4.69, 9.17) is 9.47 Å². The fourth-order valence-corrected chi connectivity index (χ4v) is 3.00. The van der Waals surface area contributed by atoms with E-state index in [1.54, 1.807) is 46.3 Å². The summed E-state index contributed by atoms with van der Waals surface area (Å²) in [7, 11) is -4.28. The lowest BCUT2D eigenvalue weighted by Gasteiger charge is -2.19. The molecule has 30 heavy (non-hydrogen) atoms. The van der Waals surface area contributed by atoms with Crippen LogP contribution < -0.4 is 9.44 Å². The monoisotopic (exact) mass is 444 g/mol. The van der Waals surface area contributed by atoms with Gasteiger partial charge < -0.3 is 9.47 Å². The Morgan fingerprint density at radius 1 is 1.10 bits per heavy atom. The first-order valence-electron chi connectivity index (χ1n) is 8.97. The Kier molecular flexibility index (Phi) is 6.43. The number of carbonyl (C=O) groups excluding carboxylic acids is 2. The smallest absolute Gasteiger partial charge is 0.435 e. The highest BCUT2D eigenvalue weighted by atomic mass is 32.2. The van der Waals surface area contributed by atoms with Crippen molar-refractivity contribution in [3.8, 4) is 0 Å². The lowest BCUT2D eigenvalue weighted by molar-refractivity contribution is 0.0519. The summed E-state index contributed by atoms with van der Waals surface area (Å²) < 4.78 is 52.8. The third-order valence-electron chi connectivity index (χ3n) is 3.33. The Hall–Kier alpha value is -2.73. The van der Waals surface area contributed by atoms with Gasteiger partial charge in [0.1, 0.15) is 17.0 Å². The fraction of sp³-hybridized carbons (Fsp3) is 0.500. The summed E-state index contributed by atoms with van der Waals surface area (Å²) in [6.07, 6.45) is -2.00. The number of halogens is 1. The number of fused-ring (bicyclic) bond motifs is 1. The summed E-state index contributed by atoms with van der Waals surface area (Å²) in [5, 5.41) is 4.40. The van der Waals surface area contributed by atoms with Gasteiger partial charge in [-0.2, -0.15) is 22.9 Å². The predicted octanol–water partition coefficient (Wildman–Crippen LogP) is 2.82. The van der Waals surface area contributed by atoms with Crippen LogP contribution in [0.4, 0.5) is 14.0 Å². The van der Waals surface area contributed by atoms with Gasteiger partial charge in [-0.25, -0.2) is 18.7 Å². The molecular formula is C18H25FN4O6S. The molecule has 0 spiro atoms. The number of hydrogen-bond acceptors (Lipinski definition) is 7. The molecule has 2 aromatic rings. The van der Waals surface area contributed by atoms with Crippen molar-refractivity contribution >= 4 is 33.3 Å². The van der Waals surface area contributed by atoms with E-state index < -0.39 is 39.4 Å². The molecular weight excluding hydrogens is 419 g/mol. The van der Waals surface area contributed by atoms with Crippen LogP contribution in [0.1, 0.15) is 47.2 Å². The van der Waals surface area contributed by atoms with Crippen molar-refractivity contribution in [2.75, 3.05) is 0 Å². The first kappa shape index (κ1) is 23.5. The number of aromatic nitrogens is 2. The van der Waals surface area contributed by atoms with Gasteiger partial charge in [-0.15, -0.1) is 0 Å². The highest BCUT2D eigenvalue weighted by Crippen LogP contribution is 2.21. The lowest BCUT2D eigenvalue weighted by atomic mass is 10.2. The number of rotatable bonds is 4. The number of hydrogen-bond donors (Lipinski definition) is 2. The largest absolute Gasteiger partial charge is 0.443 e. The maximum atomic E-state index is 13.7. The molecule has 0 unspecified atom stereocenters. The topological polar surface area (TPSA) is 129 Å². The van der Waals surface area contributed by atoms with Crippen LogP contribution in [-0.4, -0.2) is 41.6 Å². The zero-order valence-electron chi connectivity index (χ0n) is 17.6. The highest BCUT2D eigenvalue weighted by molar-refractivity contribution is 7.88. The van der Waals surface area contributed by atoms with Crippen LogP contribution in [0.5, 0.6) is 0 Å². The second-order valence-electron chi connectivity index (χ2n) is 8.43. The quantitative estimate of drug-likeness (QED) is 0.742. The Bertz CT molecular complexity index is 1070. The van der Waals surface area contributed by atoms with Crippen molar-refractivity contribution in [2.45, 2.75) is 59.3 Å². The molecule has 2 N–H and O–H groups in total. The van der Waals surface area contributed by atoms with Crippen molar-refractivity contribution < 1.29 is 31.9 Å². The van der Waals surface area contributed by atoms with Crippen LogP contribution in [-0.2, 0) is 26.2 Å².